The predicted octanol–water partition coefficient (Wildman–Crippen LogP) is 2.74. The number of hydrogen-bond donors (Lipinski definition) is 1. The van der Waals surface area contributed by atoms with Gasteiger partial charge in [-0.05, 0) is 29.6 Å². The number of anilines is 1. The van der Waals surface area contributed by atoms with E-state index in [4.69, 9.17) is 5.73 Å². The highest BCUT2D eigenvalue weighted by Gasteiger charge is 2.16. The number of nitrogens with two attached hydrogens (primary N) is 1. The third-order valence-electron chi connectivity index (χ3n) is 2.54. The third-order valence-corrected chi connectivity index (χ3v) is 3.40. The van der Waals surface area contributed by atoms with Crippen molar-refractivity contribution < 1.29 is 9.18 Å². The molecule has 5 heteroatoms. The molecular weight excluding hydrogens is 251 g/mol. The third kappa shape index (κ3) is 2.68. The summed E-state index contributed by atoms with van der Waals surface area (Å²) in [5.74, 6) is -0.932. The van der Waals surface area contributed by atoms with E-state index in [9.17, 15) is 9.18 Å². The van der Waals surface area contributed by atoms with Gasteiger partial charge in [-0.15, -0.1) is 11.3 Å². The number of thiophene rings is 1. The van der Waals surface area contributed by atoms with E-state index in [1.54, 1.807) is 18.4 Å². The Balaban J connectivity index is 2.15. The van der Waals surface area contributed by atoms with Crippen LogP contribution in [0.4, 0.5) is 10.1 Å². The second-order valence-corrected chi connectivity index (χ2v) is 5.01. The Kier molecular flexibility index (Phi) is 3.62. The Morgan fingerprint density at radius 2 is 2.22 bits per heavy atom. The molecule has 0 fully saturated rings. The second kappa shape index (κ2) is 5.18. The molecule has 1 aromatic carbocycles. The Hall–Kier alpha value is -1.88. The van der Waals surface area contributed by atoms with Crippen molar-refractivity contribution in [3.05, 3.63) is 52.0 Å². The SMILES string of the molecule is CN(Cc1cccs1)C(=O)c1ccc(N)cc1F. The van der Waals surface area contributed by atoms with E-state index < -0.39 is 5.82 Å². The Morgan fingerprint density at radius 3 is 2.83 bits per heavy atom. The average molecular weight is 264 g/mol. The number of benzene rings is 1. The van der Waals surface area contributed by atoms with Gasteiger partial charge in [-0.25, -0.2) is 4.39 Å². The lowest BCUT2D eigenvalue weighted by Crippen LogP contribution is -2.26. The number of nitrogen functional groups attached to an aromatic ring is 1. The minimum absolute atomic E-state index is 0.0447. The van der Waals surface area contributed by atoms with E-state index in [1.807, 2.05) is 17.5 Å². The van der Waals surface area contributed by atoms with Gasteiger partial charge in [-0.1, -0.05) is 6.07 Å². The summed E-state index contributed by atoms with van der Waals surface area (Å²) < 4.78 is 13.6. The number of carbonyl (C=O) groups excluding carboxylic acids is 1. The van der Waals surface area contributed by atoms with Crippen molar-refractivity contribution in [2.45, 2.75) is 6.54 Å². The number of halogens is 1. The van der Waals surface area contributed by atoms with E-state index in [0.29, 0.717) is 12.2 Å². The van der Waals surface area contributed by atoms with Crippen LogP contribution in [0.25, 0.3) is 0 Å². The van der Waals surface area contributed by atoms with E-state index in [-0.39, 0.29) is 11.5 Å². The van der Waals surface area contributed by atoms with Crippen LogP contribution in [0.1, 0.15) is 15.2 Å². The first-order valence-corrected chi connectivity index (χ1v) is 6.29. The minimum Gasteiger partial charge on any atom is -0.399 e. The first kappa shape index (κ1) is 12.6. The highest BCUT2D eigenvalue weighted by Crippen LogP contribution is 2.16. The Morgan fingerprint density at radius 1 is 1.44 bits per heavy atom. The highest BCUT2D eigenvalue weighted by molar-refractivity contribution is 7.09. The highest BCUT2D eigenvalue weighted by atomic mass is 32.1. The largest absolute Gasteiger partial charge is 0.399 e. The molecule has 0 bridgehead atoms. The molecule has 0 spiro atoms. The van der Waals surface area contributed by atoms with Crippen molar-refractivity contribution in [1.82, 2.24) is 4.90 Å². The van der Waals surface area contributed by atoms with Crippen molar-refractivity contribution in [2.24, 2.45) is 0 Å². The average Bonchev–Trinajstić information content (AvgIpc) is 2.81. The first-order chi connectivity index (χ1) is 8.58. The van der Waals surface area contributed by atoms with E-state index in [2.05, 4.69) is 0 Å². The van der Waals surface area contributed by atoms with Crippen molar-refractivity contribution in [1.29, 1.82) is 0 Å². The van der Waals surface area contributed by atoms with Gasteiger partial charge in [-0.2, -0.15) is 0 Å². The molecule has 0 radical (unpaired) electrons. The van der Waals surface area contributed by atoms with Crippen molar-refractivity contribution in [3.63, 3.8) is 0 Å². The van der Waals surface area contributed by atoms with E-state index in [0.717, 1.165) is 10.9 Å². The molecule has 2 N–H and O–H groups in total. The molecule has 18 heavy (non-hydrogen) atoms. The van der Waals surface area contributed by atoms with Crippen LogP contribution in [0, 0.1) is 5.82 Å². The Bertz CT molecular complexity index is 554. The molecule has 2 rings (SSSR count). The molecule has 0 aliphatic carbocycles. The topological polar surface area (TPSA) is 46.3 Å². The van der Waals surface area contributed by atoms with Crippen LogP contribution in [0.15, 0.2) is 35.7 Å². The summed E-state index contributed by atoms with van der Waals surface area (Å²) in [6, 6.07) is 7.95. The molecule has 0 aliphatic heterocycles. The quantitative estimate of drug-likeness (QED) is 0.866. The van der Waals surface area contributed by atoms with Gasteiger partial charge in [0.1, 0.15) is 5.82 Å². The van der Waals surface area contributed by atoms with Crippen LogP contribution in [0.5, 0.6) is 0 Å². The molecule has 3 nitrogen and oxygen atoms in total. The standard InChI is InChI=1S/C13H13FN2OS/c1-16(8-10-3-2-6-18-10)13(17)11-5-4-9(15)7-12(11)14/h2-7H,8,15H2,1H3. The number of amides is 1. The van der Waals surface area contributed by atoms with Crippen LogP contribution < -0.4 is 5.73 Å². The van der Waals surface area contributed by atoms with Crippen molar-refractivity contribution >= 4 is 22.9 Å². The molecule has 0 unspecified atom stereocenters. The summed E-state index contributed by atoms with van der Waals surface area (Å²) in [4.78, 5) is 14.6. The molecule has 1 aromatic heterocycles. The van der Waals surface area contributed by atoms with Crippen LogP contribution in [-0.4, -0.2) is 17.9 Å². The zero-order valence-corrected chi connectivity index (χ0v) is 10.7. The van der Waals surface area contributed by atoms with Gasteiger partial charge in [0.05, 0.1) is 12.1 Å². The summed E-state index contributed by atoms with van der Waals surface area (Å²) in [5.41, 5.74) is 5.81. The van der Waals surface area contributed by atoms with Gasteiger partial charge in [0.25, 0.3) is 5.91 Å². The molecular formula is C13H13FN2OS. The maximum Gasteiger partial charge on any atom is 0.256 e. The molecule has 1 heterocycles. The fourth-order valence-corrected chi connectivity index (χ4v) is 2.38. The van der Waals surface area contributed by atoms with Crippen molar-refractivity contribution in [3.8, 4) is 0 Å². The summed E-state index contributed by atoms with van der Waals surface area (Å²) >= 11 is 1.56. The minimum atomic E-state index is -0.585. The number of nitrogens with zero attached hydrogens (tertiary/aromatic N) is 1. The van der Waals surface area contributed by atoms with Gasteiger partial charge in [0.15, 0.2) is 0 Å². The Labute approximate surface area is 109 Å². The second-order valence-electron chi connectivity index (χ2n) is 3.98. The predicted molar refractivity (Wildman–Crippen MR) is 70.9 cm³/mol. The normalized spacial score (nSPS) is 10.3. The molecule has 2 aromatic rings. The zero-order chi connectivity index (χ0) is 13.1. The summed E-state index contributed by atoms with van der Waals surface area (Å²) in [6.45, 7) is 0.473. The molecule has 1 amide bonds. The smallest absolute Gasteiger partial charge is 0.256 e. The van der Waals surface area contributed by atoms with Crippen molar-refractivity contribution in [2.75, 3.05) is 12.8 Å². The van der Waals surface area contributed by atoms with Gasteiger partial charge >= 0.3 is 0 Å². The molecule has 0 atom stereocenters. The lowest BCUT2D eigenvalue weighted by molar-refractivity contribution is 0.0782. The van der Waals surface area contributed by atoms with Gasteiger partial charge in [0.2, 0.25) is 0 Å². The lowest BCUT2D eigenvalue weighted by atomic mass is 10.1. The van der Waals surface area contributed by atoms with Gasteiger partial charge in [-0.3, -0.25) is 4.79 Å². The lowest BCUT2D eigenvalue weighted by Gasteiger charge is -2.16. The number of rotatable bonds is 3. The maximum atomic E-state index is 13.6. The van der Waals surface area contributed by atoms with Crippen LogP contribution in [0.3, 0.4) is 0 Å². The van der Waals surface area contributed by atoms with E-state index >= 15 is 0 Å². The fraction of sp³-hybridized carbons (Fsp3) is 0.154. The van der Waals surface area contributed by atoms with Gasteiger partial charge in [0, 0.05) is 17.6 Å². The molecule has 0 saturated heterocycles. The van der Waals surface area contributed by atoms with E-state index in [1.165, 1.54) is 17.0 Å². The number of carbonyl (C=O) groups is 1. The first-order valence-electron chi connectivity index (χ1n) is 5.41. The summed E-state index contributed by atoms with van der Waals surface area (Å²) in [7, 11) is 1.65. The fourth-order valence-electron chi connectivity index (χ4n) is 1.62. The van der Waals surface area contributed by atoms with Crippen LogP contribution in [-0.2, 0) is 6.54 Å². The maximum absolute atomic E-state index is 13.6. The summed E-state index contributed by atoms with van der Waals surface area (Å²) in [5, 5.41) is 1.94. The monoisotopic (exact) mass is 264 g/mol. The van der Waals surface area contributed by atoms with Crippen LogP contribution >= 0.6 is 11.3 Å². The number of hydrogen-bond acceptors (Lipinski definition) is 3. The molecule has 0 saturated carbocycles. The molecule has 94 valence electrons. The zero-order valence-electron chi connectivity index (χ0n) is 9.89. The van der Waals surface area contributed by atoms with Crippen LogP contribution in [0.2, 0.25) is 0 Å². The van der Waals surface area contributed by atoms with Gasteiger partial charge < -0.3 is 10.6 Å². The molecule has 0 aliphatic rings. The summed E-state index contributed by atoms with van der Waals surface area (Å²) in [6.07, 6.45) is 0.